The molecular formula is C5H9N3O. The number of nitriles is 1. The van der Waals surface area contributed by atoms with Crippen molar-refractivity contribution in [1.82, 2.24) is 5.32 Å². The molecule has 0 aromatic rings. The number of nitrogens with two attached hydrogens (primary N) is 1. The molecule has 3 N–H and O–H groups in total. The van der Waals surface area contributed by atoms with Crippen LogP contribution in [0.25, 0.3) is 0 Å². The minimum Gasteiger partial charge on any atom is -0.369 e. The quantitative estimate of drug-likeness (QED) is 0.509. The predicted octanol–water partition coefficient (Wildman–Crippen LogP) is -1.03. The highest BCUT2D eigenvalue weighted by atomic mass is 16.1. The molecule has 0 aliphatic rings. The van der Waals surface area contributed by atoms with Gasteiger partial charge in [0.25, 0.3) is 0 Å². The van der Waals surface area contributed by atoms with Crippen molar-refractivity contribution in [3.05, 3.63) is 0 Å². The van der Waals surface area contributed by atoms with E-state index >= 15 is 0 Å². The molecule has 9 heavy (non-hydrogen) atoms. The van der Waals surface area contributed by atoms with E-state index in [1.54, 1.807) is 6.92 Å². The van der Waals surface area contributed by atoms with E-state index in [4.69, 9.17) is 11.0 Å². The Morgan fingerprint density at radius 2 is 2.56 bits per heavy atom. The lowest BCUT2D eigenvalue weighted by Crippen LogP contribution is -2.33. The number of hydrogen-bond acceptors (Lipinski definition) is 3. The van der Waals surface area contributed by atoms with Crippen LogP contribution in [0.2, 0.25) is 0 Å². The van der Waals surface area contributed by atoms with E-state index in [1.807, 2.05) is 6.07 Å². The molecule has 0 aliphatic carbocycles. The van der Waals surface area contributed by atoms with Gasteiger partial charge in [-0.2, -0.15) is 5.26 Å². The van der Waals surface area contributed by atoms with Crippen molar-refractivity contribution >= 4 is 5.91 Å². The van der Waals surface area contributed by atoms with Gasteiger partial charge in [0.05, 0.1) is 18.7 Å². The van der Waals surface area contributed by atoms with Gasteiger partial charge in [0.1, 0.15) is 0 Å². The van der Waals surface area contributed by atoms with Crippen LogP contribution in [-0.2, 0) is 4.79 Å². The summed E-state index contributed by atoms with van der Waals surface area (Å²) in [6.07, 6.45) is 0. The predicted molar refractivity (Wildman–Crippen MR) is 32.3 cm³/mol. The average molecular weight is 127 g/mol. The number of primary amides is 1. The lowest BCUT2D eigenvalue weighted by atomic mass is 10.4. The van der Waals surface area contributed by atoms with Crippen LogP contribution in [0.3, 0.4) is 0 Å². The van der Waals surface area contributed by atoms with Gasteiger partial charge in [0.15, 0.2) is 0 Å². The smallest absolute Gasteiger partial charge is 0.231 e. The first-order chi connectivity index (χ1) is 4.16. The Balaban J connectivity index is 3.30. The molecule has 1 unspecified atom stereocenters. The van der Waals surface area contributed by atoms with Gasteiger partial charge in [0.2, 0.25) is 5.91 Å². The molecule has 4 nitrogen and oxygen atoms in total. The number of amides is 1. The Morgan fingerprint density at radius 1 is 2.00 bits per heavy atom. The highest BCUT2D eigenvalue weighted by Crippen LogP contribution is 1.72. The van der Waals surface area contributed by atoms with E-state index in [2.05, 4.69) is 5.32 Å². The fourth-order valence-corrected chi connectivity index (χ4v) is 0.299. The number of carbonyl (C=O) groups excluding carboxylic acids is 1. The van der Waals surface area contributed by atoms with E-state index in [0.717, 1.165) is 0 Å². The summed E-state index contributed by atoms with van der Waals surface area (Å²) in [4.78, 5) is 10.1. The zero-order chi connectivity index (χ0) is 7.28. The van der Waals surface area contributed by atoms with Crippen LogP contribution >= 0.6 is 0 Å². The molecule has 0 bridgehead atoms. The van der Waals surface area contributed by atoms with Gasteiger partial charge in [-0.3, -0.25) is 10.1 Å². The summed E-state index contributed by atoms with van der Waals surface area (Å²) < 4.78 is 0. The third kappa shape index (κ3) is 4.78. The molecule has 1 amide bonds. The first kappa shape index (κ1) is 7.92. The van der Waals surface area contributed by atoms with E-state index in [1.165, 1.54) is 0 Å². The van der Waals surface area contributed by atoms with Crippen molar-refractivity contribution in [2.24, 2.45) is 5.73 Å². The normalized spacial score (nSPS) is 12.0. The van der Waals surface area contributed by atoms with Crippen molar-refractivity contribution in [3.8, 4) is 6.07 Å². The summed E-state index contributed by atoms with van der Waals surface area (Å²) in [7, 11) is 0. The van der Waals surface area contributed by atoms with E-state index in [9.17, 15) is 4.79 Å². The molecule has 0 aromatic heterocycles. The Hall–Kier alpha value is -1.08. The van der Waals surface area contributed by atoms with Crippen LogP contribution in [-0.4, -0.2) is 18.5 Å². The first-order valence-corrected chi connectivity index (χ1v) is 2.58. The fraction of sp³-hybridized carbons (Fsp3) is 0.600. The molecule has 0 aliphatic heterocycles. The summed E-state index contributed by atoms with van der Waals surface area (Å²) in [5, 5.41) is 10.8. The topological polar surface area (TPSA) is 78.9 Å². The van der Waals surface area contributed by atoms with Crippen LogP contribution in [0.5, 0.6) is 0 Å². The van der Waals surface area contributed by atoms with Gasteiger partial charge < -0.3 is 5.73 Å². The van der Waals surface area contributed by atoms with Gasteiger partial charge in [-0.05, 0) is 6.92 Å². The molecule has 0 aromatic carbocycles. The molecule has 1 atom stereocenters. The SMILES string of the molecule is CC(C#N)NCC(N)=O. The van der Waals surface area contributed by atoms with Crippen molar-refractivity contribution in [2.45, 2.75) is 13.0 Å². The number of hydrogen-bond donors (Lipinski definition) is 2. The van der Waals surface area contributed by atoms with Crippen LogP contribution in [0.4, 0.5) is 0 Å². The lowest BCUT2D eigenvalue weighted by Gasteiger charge is -2.00. The molecule has 50 valence electrons. The Kier molecular flexibility index (Phi) is 3.40. The molecule has 4 heteroatoms. The maximum atomic E-state index is 10.1. The molecule has 0 heterocycles. The zero-order valence-electron chi connectivity index (χ0n) is 5.22. The largest absolute Gasteiger partial charge is 0.369 e. The second-order valence-electron chi connectivity index (χ2n) is 1.70. The van der Waals surface area contributed by atoms with E-state index in [0.29, 0.717) is 0 Å². The lowest BCUT2D eigenvalue weighted by molar-refractivity contribution is -0.117. The number of carbonyl (C=O) groups is 1. The Bertz CT molecular complexity index is 138. The number of nitrogens with one attached hydrogen (secondary N) is 1. The molecule has 0 radical (unpaired) electrons. The third-order valence-corrected chi connectivity index (χ3v) is 0.776. The molecule has 0 rings (SSSR count). The summed E-state index contributed by atoms with van der Waals surface area (Å²) in [6, 6.07) is 1.59. The van der Waals surface area contributed by atoms with Crippen molar-refractivity contribution in [3.63, 3.8) is 0 Å². The second-order valence-corrected chi connectivity index (χ2v) is 1.70. The maximum Gasteiger partial charge on any atom is 0.231 e. The van der Waals surface area contributed by atoms with Gasteiger partial charge in [-0.1, -0.05) is 0 Å². The monoisotopic (exact) mass is 127 g/mol. The van der Waals surface area contributed by atoms with Gasteiger partial charge in [-0.15, -0.1) is 0 Å². The number of nitrogens with zero attached hydrogens (tertiary/aromatic N) is 1. The molecule has 0 fully saturated rings. The Labute approximate surface area is 53.6 Å². The molecule has 0 spiro atoms. The standard InChI is InChI=1S/C5H9N3O/c1-4(2-6)8-3-5(7)9/h4,8H,3H2,1H3,(H2,7,9). The molecule has 0 saturated heterocycles. The first-order valence-electron chi connectivity index (χ1n) is 2.58. The minimum atomic E-state index is -0.447. The van der Waals surface area contributed by atoms with Crippen LogP contribution < -0.4 is 11.1 Å². The fourth-order valence-electron chi connectivity index (χ4n) is 0.299. The van der Waals surface area contributed by atoms with E-state index < -0.39 is 5.91 Å². The van der Waals surface area contributed by atoms with Crippen molar-refractivity contribution in [1.29, 1.82) is 5.26 Å². The van der Waals surface area contributed by atoms with Crippen molar-refractivity contribution < 1.29 is 4.79 Å². The van der Waals surface area contributed by atoms with Crippen LogP contribution in [0.15, 0.2) is 0 Å². The van der Waals surface area contributed by atoms with E-state index in [-0.39, 0.29) is 12.6 Å². The van der Waals surface area contributed by atoms with Gasteiger partial charge in [-0.25, -0.2) is 0 Å². The summed E-state index contributed by atoms with van der Waals surface area (Å²) in [5.41, 5.74) is 4.78. The molecular weight excluding hydrogens is 118 g/mol. The molecule has 0 saturated carbocycles. The summed E-state index contributed by atoms with van der Waals surface area (Å²) in [6.45, 7) is 1.72. The summed E-state index contributed by atoms with van der Waals surface area (Å²) in [5.74, 6) is -0.447. The maximum absolute atomic E-state index is 10.1. The zero-order valence-corrected chi connectivity index (χ0v) is 5.22. The second kappa shape index (κ2) is 3.87. The van der Waals surface area contributed by atoms with Crippen LogP contribution in [0, 0.1) is 11.3 Å². The number of rotatable bonds is 3. The third-order valence-electron chi connectivity index (χ3n) is 0.776. The minimum absolute atomic E-state index is 0.0642. The average Bonchev–Trinajstić information content (AvgIpc) is 1.83. The highest BCUT2D eigenvalue weighted by molar-refractivity contribution is 5.75. The summed E-state index contributed by atoms with van der Waals surface area (Å²) >= 11 is 0. The highest BCUT2D eigenvalue weighted by Gasteiger charge is 1.98. The van der Waals surface area contributed by atoms with Gasteiger partial charge in [0, 0.05) is 0 Å². The Morgan fingerprint density at radius 3 is 2.89 bits per heavy atom. The van der Waals surface area contributed by atoms with Crippen molar-refractivity contribution in [2.75, 3.05) is 6.54 Å². The van der Waals surface area contributed by atoms with Gasteiger partial charge >= 0.3 is 0 Å². The van der Waals surface area contributed by atoms with Crippen LogP contribution in [0.1, 0.15) is 6.92 Å².